The molecule has 0 bridgehead atoms. The number of ether oxygens (including phenoxy) is 1. The number of aliphatic hydroxyl groups excluding tert-OH is 1. The molecule has 0 fully saturated rings. The van der Waals surface area contributed by atoms with Crippen LogP contribution in [-0.2, 0) is 9.53 Å². The summed E-state index contributed by atoms with van der Waals surface area (Å²) in [6.45, 7) is 9.92. The molecule has 0 aliphatic carbocycles. The molecule has 1 N–H and O–H groups in total. The van der Waals surface area contributed by atoms with Crippen molar-refractivity contribution in [1.82, 2.24) is 0 Å². The van der Waals surface area contributed by atoms with Gasteiger partial charge in [-0.05, 0) is 50.5 Å². The van der Waals surface area contributed by atoms with Gasteiger partial charge < -0.3 is 14.3 Å². The SMILES string of the molecule is Cc1cc(C)c(C2=C(O)CC(C(C)CSc3ccoc3C)OC2=O)c(C)c1. The first-order chi connectivity index (χ1) is 12.8. The van der Waals surface area contributed by atoms with Gasteiger partial charge in [0.25, 0.3) is 0 Å². The molecule has 1 aliphatic rings. The fraction of sp³-hybridized carbons (Fsp3) is 0.409. The Bertz CT molecular complexity index is 870. The Kier molecular flexibility index (Phi) is 5.70. The van der Waals surface area contributed by atoms with Gasteiger partial charge in [-0.25, -0.2) is 4.79 Å². The van der Waals surface area contributed by atoms with Gasteiger partial charge in [-0.3, -0.25) is 0 Å². The summed E-state index contributed by atoms with van der Waals surface area (Å²) in [5.41, 5.74) is 4.19. The van der Waals surface area contributed by atoms with E-state index >= 15 is 0 Å². The van der Waals surface area contributed by atoms with Crippen LogP contribution in [0.25, 0.3) is 5.57 Å². The molecular formula is C22H26O4S. The van der Waals surface area contributed by atoms with E-state index in [1.54, 1.807) is 18.0 Å². The number of hydrogen-bond donors (Lipinski definition) is 1. The van der Waals surface area contributed by atoms with Crippen molar-refractivity contribution in [3.63, 3.8) is 0 Å². The zero-order chi connectivity index (χ0) is 19.7. The third-order valence-corrected chi connectivity index (χ3v) is 6.45. The molecule has 1 aliphatic heterocycles. The van der Waals surface area contributed by atoms with Crippen LogP contribution in [0.3, 0.4) is 0 Å². The lowest BCUT2D eigenvalue weighted by atomic mass is 9.89. The summed E-state index contributed by atoms with van der Waals surface area (Å²) in [6.07, 6.45) is 1.70. The summed E-state index contributed by atoms with van der Waals surface area (Å²) in [4.78, 5) is 13.8. The molecule has 1 aromatic carbocycles. The van der Waals surface area contributed by atoms with Crippen molar-refractivity contribution >= 4 is 23.3 Å². The molecule has 0 spiro atoms. The van der Waals surface area contributed by atoms with Crippen molar-refractivity contribution in [3.8, 4) is 0 Å². The van der Waals surface area contributed by atoms with Crippen LogP contribution in [0.4, 0.5) is 0 Å². The number of rotatable bonds is 5. The number of furan rings is 1. The van der Waals surface area contributed by atoms with Gasteiger partial charge in [0.2, 0.25) is 0 Å². The van der Waals surface area contributed by atoms with E-state index in [2.05, 4.69) is 0 Å². The monoisotopic (exact) mass is 386 g/mol. The Morgan fingerprint density at radius 3 is 2.44 bits per heavy atom. The summed E-state index contributed by atoms with van der Waals surface area (Å²) < 4.78 is 11.0. The van der Waals surface area contributed by atoms with Gasteiger partial charge in [-0.15, -0.1) is 11.8 Å². The highest BCUT2D eigenvalue weighted by molar-refractivity contribution is 7.99. The van der Waals surface area contributed by atoms with Gasteiger partial charge in [-0.1, -0.05) is 24.6 Å². The zero-order valence-electron chi connectivity index (χ0n) is 16.5. The van der Waals surface area contributed by atoms with E-state index in [9.17, 15) is 9.90 Å². The maximum atomic E-state index is 12.7. The van der Waals surface area contributed by atoms with Gasteiger partial charge in [0.05, 0.1) is 6.26 Å². The minimum atomic E-state index is -0.435. The fourth-order valence-corrected chi connectivity index (χ4v) is 4.70. The predicted molar refractivity (Wildman–Crippen MR) is 108 cm³/mol. The summed E-state index contributed by atoms with van der Waals surface area (Å²) >= 11 is 1.68. The molecular weight excluding hydrogens is 360 g/mol. The van der Waals surface area contributed by atoms with Crippen LogP contribution >= 0.6 is 11.8 Å². The minimum Gasteiger partial charge on any atom is -0.511 e. The lowest BCUT2D eigenvalue weighted by Gasteiger charge is -2.29. The molecule has 2 atom stereocenters. The summed E-state index contributed by atoms with van der Waals surface area (Å²) in [7, 11) is 0. The normalized spacial score (nSPS) is 18.6. The van der Waals surface area contributed by atoms with Gasteiger partial charge in [0.15, 0.2) is 0 Å². The summed E-state index contributed by atoms with van der Waals surface area (Å²) in [5.74, 6) is 1.47. The number of aryl methyl sites for hydroxylation is 4. The second-order valence-electron chi connectivity index (χ2n) is 7.37. The summed E-state index contributed by atoms with van der Waals surface area (Å²) in [6, 6.07) is 5.99. The van der Waals surface area contributed by atoms with Gasteiger partial charge in [0, 0.05) is 23.0 Å². The van der Waals surface area contributed by atoms with E-state index in [4.69, 9.17) is 9.15 Å². The molecule has 5 heteroatoms. The number of hydrogen-bond acceptors (Lipinski definition) is 5. The maximum absolute atomic E-state index is 12.7. The van der Waals surface area contributed by atoms with Crippen molar-refractivity contribution in [2.45, 2.75) is 52.0 Å². The highest BCUT2D eigenvalue weighted by Gasteiger charge is 2.34. The Hall–Kier alpha value is -2.14. The molecule has 1 aromatic heterocycles. The lowest BCUT2D eigenvalue weighted by Crippen LogP contribution is -2.32. The Morgan fingerprint density at radius 2 is 1.89 bits per heavy atom. The van der Waals surface area contributed by atoms with Crippen LogP contribution in [0, 0.1) is 33.6 Å². The number of esters is 1. The van der Waals surface area contributed by atoms with Crippen LogP contribution in [-0.4, -0.2) is 22.9 Å². The Morgan fingerprint density at radius 1 is 1.22 bits per heavy atom. The van der Waals surface area contributed by atoms with Crippen LogP contribution in [0.15, 0.2) is 39.5 Å². The largest absolute Gasteiger partial charge is 0.511 e. The van der Waals surface area contributed by atoms with Gasteiger partial charge >= 0.3 is 5.97 Å². The van der Waals surface area contributed by atoms with E-state index in [-0.39, 0.29) is 17.8 Å². The first kappa shape index (κ1) is 19.6. The molecule has 0 amide bonds. The molecule has 2 unspecified atom stereocenters. The summed E-state index contributed by atoms with van der Waals surface area (Å²) in [5, 5.41) is 10.7. The molecule has 144 valence electrons. The van der Waals surface area contributed by atoms with Crippen LogP contribution in [0.2, 0.25) is 0 Å². The highest BCUT2D eigenvalue weighted by atomic mass is 32.2. The van der Waals surface area contributed by atoms with Crippen molar-refractivity contribution in [2.75, 3.05) is 5.75 Å². The lowest BCUT2D eigenvalue weighted by molar-refractivity contribution is -0.145. The van der Waals surface area contributed by atoms with Crippen molar-refractivity contribution in [3.05, 3.63) is 58.2 Å². The van der Waals surface area contributed by atoms with Gasteiger partial charge in [0.1, 0.15) is 23.2 Å². The highest BCUT2D eigenvalue weighted by Crippen LogP contribution is 2.36. The molecule has 0 radical (unpaired) electrons. The average Bonchev–Trinajstić information content (AvgIpc) is 2.99. The van der Waals surface area contributed by atoms with Crippen LogP contribution in [0.1, 0.15) is 41.4 Å². The van der Waals surface area contributed by atoms with E-state index in [0.29, 0.717) is 12.0 Å². The topological polar surface area (TPSA) is 59.7 Å². The van der Waals surface area contributed by atoms with E-state index < -0.39 is 5.97 Å². The van der Waals surface area contributed by atoms with Gasteiger partial charge in [-0.2, -0.15) is 0 Å². The van der Waals surface area contributed by atoms with Crippen LogP contribution < -0.4 is 0 Å². The number of cyclic esters (lactones) is 1. The Labute approximate surface area is 164 Å². The first-order valence-corrected chi connectivity index (χ1v) is 10.1. The van der Waals surface area contributed by atoms with Crippen LogP contribution in [0.5, 0.6) is 0 Å². The van der Waals surface area contributed by atoms with E-state index in [1.165, 1.54) is 0 Å². The molecule has 0 saturated carbocycles. The van der Waals surface area contributed by atoms with E-state index in [0.717, 1.165) is 38.7 Å². The third-order valence-electron chi connectivity index (χ3n) is 5.02. The molecule has 2 aromatic rings. The van der Waals surface area contributed by atoms with Crippen molar-refractivity contribution in [1.29, 1.82) is 0 Å². The maximum Gasteiger partial charge on any atom is 0.342 e. The first-order valence-electron chi connectivity index (χ1n) is 9.16. The third kappa shape index (κ3) is 4.08. The average molecular weight is 387 g/mol. The quantitative estimate of drug-likeness (QED) is 0.541. The smallest absolute Gasteiger partial charge is 0.342 e. The molecule has 4 nitrogen and oxygen atoms in total. The number of carbonyl (C=O) groups excluding carboxylic acids is 1. The fourth-order valence-electron chi connectivity index (χ4n) is 3.64. The Balaban J connectivity index is 1.78. The molecule has 3 rings (SSSR count). The van der Waals surface area contributed by atoms with Crippen molar-refractivity contribution in [2.24, 2.45) is 5.92 Å². The molecule has 2 heterocycles. The second kappa shape index (κ2) is 7.85. The minimum absolute atomic E-state index is 0.108. The molecule has 0 saturated heterocycles. The zero-order valence-corrected chi connectivity index (χ0v) is 17.3. The number of aliphatic hydroxyl groups is 1. The van der Waals surface area contributed by atoms with E-state index in [1.807, 2.05) is 52.8 Å². The molecule has 27 heavy (non-hydrogen) atoms. The number of thioether (sulfide) groups is 1. The number of carbonyl (C=O) groups is 1. The number of benzene rings is 1. The standard InChI is InChI=1S/C22H26O4S/c1-12-8-13(2)20(14(3)9-12)21-17(23)10-18(26-22(21)24)15(4)11-27-19-6-7-25-16(19)5/h6-9,15,18,23H,10-11H2,1-5H3. The van der Waals surface area contributed by atoms with Crippen molar-refractivity contribution < 1.29 is 19.1 Å². The predicted octanol–water partition coefficient (Wildman–Crippen LogP) is 5.53. The second-order valence-corrected chi connectivity index (χ2v) is 8.43.